The second kappa shape index (κ2) is 13.3. The van der Waals surface area contributed by atoms with Gasteiger partial charge < -0.3 is 19.3 Å². The molecule has 1 atom stereocenters. The summed E-state index contributed by atoms with van der Waals surface area (Å²) in [4.78, 5) is 48.6. The number of esters is 1. The first-order valence-corrected chi connectivity index (χ1v) is 15.0. The Bertz CT molecular complexity index is 1370. The normalized spacial score (nSPS) is 17.7. The number of ether oxygens (including phenoxy) is 2. The molecule has 3 amide bonds. The van der Waals surface area contributed by atoms with E-state index in [2.05, 4.69) is 15.9 Å². The lowest BCUT2D eigenvalue weighted by atomic mass is 9.81. The van der Waals surface area contributed by atoms with Gasteiger partial charge >= 0.3 is 12.0 Å². The van der Waals surface area contributed by atoms with Crippen LogP contribution in [0, 0.1) is 0 Å². The summed E-state index contributed by atoms with van der Waals surface area (Å²) in [6.45, 7) is 8.75. The van der Waals surface area contributed by atoms with E-state index in [0.29, 0.717) is 30.7 Å². The van der Waals surface area contributed by atoms with Gasteiger partial charge in [-0.25, -0.2) is 14.5 Å². The van der Waals surface area contributed by atoms with Crippen molar-refractivity contribution >= 4 is 23.6 Å². The largest absolute Gasteiger partial charge is 0.492 e. The van der Waals surface area contributed by atoms with Gasteiger partial charge in [0.1, 0.15) is 11.8 Å². The summed E-state index contributed by atoms with van der Waals surface area (Å²) in [6.07, 6.45) is 0.663. The first kappa shape index (κ1) is 30.1. The highest BCUT2D eigenvalue weighted by Crippen LogP contribution is 2.44. The van der Waals surface area contributed by atoms with Gasteiger partial charge in [-0.05, 0) is 50.1 Å². The molecule has 9 heteroatoms. The van der Waals surface area contributed by atoms with Crippen molar-refractivity contribution in [1.29, 1.82) is 0 Å². The average molecular weight is 585 g/mol. The second-order valence-corrected chi connectivity index (χ2v) is 10.8. The SMILES string of the molecule is CCOc1ccccc1N1CCN(CCCN2C(=O)N(C(C)C(=O)OC)C(=O)C2(c2ccccc2)c2ccccc2)CC1. The standard InChI is InChI=1S/C34H40N4O5/c1-4-43-30-19-12-11-18-29(30)36-24-22-35(23-25-36)20-13-21-37-33(41)38(26(2)31(39)42-3)32(40)34(37,27-14-7-5-8-15-27)28-16-9-6-10-17-28/h5-12,14-19,26H,4,13,20-25H2,1-3H3. The van der Waals surface area contributed by atoms with Crippen molar-refractivity contribution in [2.75, 3.05) is 57.9 Å². The molecule has 43 heavy (non-hydrogen) atoms. The van der Waals surface area contributed by atoms with E-state index >= 15 is 0 Å². The van der Waals surface area contributed by atoms with Crippen LogP contribution in [0.5, 0.6) is 5.75 Å². The minimum Gasteiger partial charge on any atom is -0.492 e. The molecule has 2 aliphatic heterocycles. The van der Waals surface area contributed by atoms with Gasteiger partial charge in [-0.2, -0.15) is 0 Å². The zero-order valence-corrected chi connectivity index (χ0v) is 25.1. The fraction of sp³-hybridized carbons (Fsp3) is 0.382. The van der Waals surface area contributed by atoms with E-state index in [0.717, 1.165) is 49.1 Å². The highest BCUT2D eigenvalue weighted by molar-refractivity contribution is 6.11. The Hall–Kier alpha value is -4.37. The van der Waals surface area contributed by atoms with Crippen molar-refractivity contribution in [3.8, 4) is 5.75 Å². The predicted molar refractivity (Wildman–Crippen MR) is 165 cm³/mol. The summed E-state index contributed by atoms with van der Waals surface area (Å²) in [7, 11) is 1.26. The molecule has 2 aliphatic rings. The number of benzene rings is 3. The van der Waals surface area contributed by atoms with Gasteiger partial charge in [-0.1, -0.05) is 72.8 Å². The molecule has 5 rings (SSSR count). The van der Waals surface area contributed by atoms with Gasteiger partial charge in [0.25, 0.3) is 5.91 Å². The van der Waals surface area contributed by atoms with Crippen LogP contribution in [0.2, 0.25) is 0 Å². The lowest BCUT2D eigenvalue weighted by Gasteiger charge is -2.38. The molecular weight excluding hydrogens is 544 g/mol. The molecule has 2 saturated heterocycles. The van der Waals surface area contributed by atoms with Crippen molar-refractivity contribution in [2.24, 2.45) is 0 Å². The number of urea groups is 1. The summed E-state index contributed by atoms with van der Waals surface area (Å²) >= 11 is 0. The maximum absolute atomic E-state index is 14.5. The molecule has 9 nitrogen and oxygen atoms in total. The Morgan fingerprint density at radius 3 is 2.00 bits per heavy atom. The molecule has 0 spiro atoms. The Balaban J connectivity index is 1.37. The van der Waals surface area contributed by atoms with E-state index in [1.54, 1.807) is 4.90 Å². The van der Waals surface area contributed by atoms with Gasteiger partial charge in [0.05, 0.1) is 19.4 Å². The number of methoxy groups -OCH3 is 1. The third-order valence-corrected chi connectivity index (χ3v) is 8.42. The van der Waals surface area contributed by atoms with Gasteiger partial charge in [-0.15, -0.1) is 0 Å². The minimum atomic E-state index is -1.40. The molecule has 3 aromatic rings. The molecule has 0 bridgehead atoms. The van der Waals surface area contributed by atoms with Crippen molar-refractivity contribution in [3.63, 3.8) is 0 Å². The fourth-order valence-electron chi connectivity index (χ4n) is 6.28. The van der Waals surface area contributed by atoms with Crippen LogP contribution < -0.4 is 9.64 Å². The third kappa shape index (κ3) is 5.69. The smallest absolute Gasteiger partial charge is 0.329 e. The Morgan fingerprint density at radius 2 is 1.42 bits per heavy atom. The summed E-state index contributed by atoms with van der Waals surface area (Å²) in [6, 6.07) is 25.3. The number of carbonyl (C=O) groups is 3. The first-order chi connectivity index (χ1) is 20.9. The van der Waals surface area contributed by atoms with Crippen LogP contribution in [0.1, 0.15) is 31.4 Å². The van der Waals surface area contributed by atoms with Gasteiger partial charge in [0.2, 0.25) is 0 Å². The molecule has 0 radical (unpaired) electrons. The lowest BCUT2D eigenvalue weighted by Crippen LogP contribution is -2.50. The highest BCUT2D eigenvalue weighted by Gasteiger charge is 2.61. The van der Waals surface area contributed by atoms with Crippen LogP contribution in [0.4, 0.5) is 10.5 Å². The third-order valence-electron chi connectivity index (χ3n) is 8.42. The summed E-state index contributed by atoms with van der Waals surface area (Å²) in [5, 5.41) is 0. The summed E-state index contributed by atoms with van der Waals surface area (Å²) < 4.78 is 10.8. The van der Waals surface area contributed by atoms with E-state index < -0.39 is 29.5 Å². The molecule has 2 heterocycles. The molecule has 0 saturated carbocycles. The van der Waals surface area contributed by atoms with Gasteiger partial charge in [0.15, 0.2) is 5.54 Å². The number of imide groups is 1. The van der Waals surface area contributed by atoms with E-state index in [1.807, 2.05) is 85.8 Å². The van der Waals surface area contributed by atoms with Crippen LogP contribution in [-0.2, 0) is 19.9 Å². The van der Waals surface area contributed by atoms with Gasteiger partial charge in [-0.3, -0.25) is 9.69 Å². The topological polar surface area (TPSA) is 82.6 Å². The number of rotatable bonds is 11. The van der Waals surface area contributed by atoms with E-state index in [1.165, 1.54) is 14.0 Å². The number of para-hydroxylation sites is 2. The van der Waals surface area contributed by atoms with Crippen molar-refractivity contribution in [1.82, 2.24) is 14.7 Å². The zero-order chi connectivity index (χ0) is 30.4. The number of carbonyl (C=O) groups excluding carboxylic acids is 3. The molecular formula is C34H40N4O5. The van der Waals surface area contributed by atoms with Crippen LogP contribution in [0.15, 0.2) is 84.9 Å². The summed E-state index contributed by atoms with van der Waals surface area (Å²) in [5.74, 6) is -0.184. The quantitative estimate of drug-likeness (QED) is 0.245. The van der Waals surface area contributed by atoms with E-state index in [4.69, 9.17) is 9.47 Å². The molecule has 0 N–H and O–H groups in total. The molecule has 0 aromatic heterocycles. The number of piperazine rings is 1. The number of hydrogen-bond acceptors (Lipinski definition) is 7. The van der Waals surface area contributed by atoms with Crippen LogP contribution in [0.25, 0.3) is 0 Å². The van der Waals surface area contributed by atoms with E-state index in [9.17, 15) is 14.4 Å². The molecule has 0 aliphatic carbocycles. The molecule has 226 valence electrons. The van der Waals surface area contributed by atoms with E-state index in [-0.39, 0.29) is 0 Å². The molecule has 1 unspecified atom stereocenters. The Kier molecular flexibility index (Phi) is 9.31. The number of anilines is 1. The fourth-order valence-corrected chi connectivity index (χ4v) is 6.28. The Morgan fingerprint density at radius 1 is 0.837 bits per heavy atom. The second-order valence-electron chi connectivity index (χ2n) is 10.8. The molecule has 3 aromatic carbocycles. The van der Waals surface area contributed by atoms with Crippen LogP contribution in [-0.4, -0.2) is 91.6 Å². The predicted octanol–water partition coefficient (Wildman–Crippen LogP) is 4.37. The monoisotopic (exact) mass is 584 g/mol. The lowest BCUT2D eigenvalue weighted by molar-refractivity contribution is -0.149. The number of amides is 3. The van der Waals surface area contributed by atoms with Crippen LogP contribution >= 0.6 is 0 Å². The van der Waals surface area contributed by atoms with Crippen molar-refractivity contribution < 1.29 is 23.9 Å². The van der Waals surface area contributed by atoms with Crippen molar-refractivity contribution in [3.05, 3.63) is 96.1 Å². The average Bonchev–Trinajstić information content (AvgIpc) is 3.27. The number of hydrogen-bond donors (Lipinski definition) is 0. The summed E-state index contributed by atoms with van der Waals surface area (Å²) in [5.41, 5.74) is 1.07. The molecule has 2 fully saturated rings. The maximum Gasteiger partial charge on any atom is 0.329 e. The first-order valence-electron chi connectivity index (χ1n) is 15.0. The number of nitrogens with zero attached hydrogens (tertiary/aromatic N) is 4. The van der Waals surface area contributed by atoms with Crippen molar-refractivity contribution in [2.45, 2.75) is 31.8 Å². The van der Waals surface area contributed by atoms with Gasteiger partial charge in [0, 0.05) is 32.7 Å². The van der Waals surface area contributed by atoms with Crippen LogP contribution in [0.3, 0.4) is 0 Å². The maximum atomic E-state index is 14.5. The zero-order valence-electron chi connectivity index (χ0n) is 25.1. The minimum absolute atomic E-state index is 0.339. The highest BCUT2D eigenvalue weighted by atomic mass is 16.5. The Labute approximate surface area is 253 Å².